The lowest BCUT2D eigenvalue weighted by molar-refractivity contribution is 0.699. The normalized spacial score (nSPS) is 16.8. The Morgan fingerprint density at radius 3 is 3.00 bits per heavy atom. The zero-order valence-corrected chi connectivity index (χ0v) is 11.8. The van der Waals surface area contributed by atoms with E-state index >= 15 is 0 Å². The first-order valence-electron chi connectivity index (χ1n) is 6.39. The number of aromatic amines is 1. The van der Waals surface area contributed by atoms with E-state index in [1.54, 1.807) is 11.3 Å². The summed E-state index contributed by atoms with van der Waals surface area (Å²) in [6, 6.07) is 0. The molecule has 2 aromatic rings. The molecule has 0 bridgehead atoms. The van der Waals surface area contributed by atoms with Crippen molar-refractivity contribution < 1.29 is 0 Å². The third kappa shape index (κ3) is 1.88. The molecule has 0 saturated carbocycles. The van der Waals surface area contributed by atoms with Crippen LogP contribution in [-0.2, 0) is 12.8 Å². The molecule has 0 spiro atoms. The number of rotatable bonds is 2. The Balaban J connectivity index is 2.23. The van der Waals surface area contributed by atoms with Crippen molar-refractivity contribution in [3.63, 3.8) is 0 Å². The third-order valence-electron chi connectivity index (χ3n) is 3.50. The second kappa shape index (κ2) is 4.67. The van der Waals surface area contributed by atoms with Gasteiger partial charge in [0.05, 0.1) is 10.8 Å². The first-order valence-corrected chi connectivity index (χ1v) is 7.64. The van der Waals surface area contributed by atoms with Gasteiger partial charge < -0.3 is 4.98 Å². The van der Waals surface area contributed by atoms with Gasteiger partial charge in [0.15, 0.2) is 0 Å². The highest BCUT2D eigenvalue weighted by molar-refractivity contribution is 7.18. The number of aryl methyl sites for hydroxylation is 2. The minimum Gasteiger partial charge on any atom is -0.309 e. The van der Waals surface area contributed by atoms with Crippen molar-refractivity contribution in [1.29, 1.82) is 0 Å². The summed E-state index contributed by atoms with van der Waals surface area (Å²) in [6.07, 6.45) is 5.26. The fourth-order valence-corrected chi connectivity index (χ4v) is 3.89. The summed E-state index contributed by atoms with van der Waals surface area (Å²) in [5.41, 5.74) is 1.21. The molecule has 1 aliphatic rings. The van der Waals surface area contributed by atoms with Gasteiger partial charge in [0.2, 0.25) is 0 Å². The minimum absolute atomic E-state index is 0.0199. The zero-order valence-electron chi connectivity index (χ0n) is 10.3. The molecule has 2 aromatic heterocycles. The first-order chi connectivity index (χ1) is 8.70. The lowest BCUT2D eigenvalue weighted by Crippen LogP contribution is -2.13. The van der Waals surface area contributed by atoms with Crippen LogP contribution in [-0.4, -0.2) is 9.97 Å². The van der Waals surface area contributed by atoms with Crippen LogP contribution in [0.25, 0.3) is 10.2 Å². The van der Waals surface area contributed by atoms with Crippen molar-refractivity contribution in [1.82, 2.24) is 9.97 Å². The van der Waals surface area contributed by atoms with Crippen LogP contribution in [0.4, 0.5) is 0 Å². The fraction of sp³-hybridized carbons (Fsp3) is 0.538. The Morgan fingerprint density at radius 2 is 2.22 bits per heavy atom. The van der Waals surface area contributed by atoms with Gasteiger partial charge in [0.25, 0.3) is 5.56 Å². The summed E-state index contributed by atoms with van der Waals surface area (Å²) in [7, 11) is 0. The predicted octanol–water partition coefficient (Wildman–Crippen LogP) is 3.55. The second-order valence-corrected chi connectivity index (χ2v) is 6.33. The minimum atomic E-state index is -0.207. The Morgan fingerprint density at radius 1 is 1.44 bits per heavy atom. The SMILES string of the molecule is CCC(Cl)c1nc2sc3c(c2c(=O)[nH]1)CCCC3. The fourth-order valence-electron chi connectivity index (χ4n) is 2.52. The van der Waals surface area contributed by atoms with E-state index < -0.39 is 0 Å². The smallest absolute Gasteiger partial charge is 0.259 e. The predicted molar refractivity (Wildman–Crippen MR) is 75.8 cm³/mol. The van der Waals surface area contributed by atoms with E-state index in [1.807, 2.05) is 6.92 Å². The maximum Gasteiger partial charge on any atom is 0.259 e. The summed E-state index contributed by atoms with van der Waals surface area (Å²) in [4.78, 5) is 21.8. The van der Waals surface area contributed by atoms with Gasteiger partial charge in [-0.3, -0.25) is 4.79 Å². The standard InChI is InChI=1S/C13H15ClN2OS/c1-2-8(14)11-15-12(17)10-7-5-3-4-6-9(7)18-13(10)16-11/h8H,2-6H2,1H3,(H,15,16,17). The topological polar surface area (TPSA) is 45.8 Å². The number of nitrogens with zero attached hydrogens (tertiary/aromatic N) is 1. The Kier molecular flexibility index (Phi) is 3.16. The molecule has 1 aliphatic carbocycles. The van der Waals surface area contributed by atoms with Gasteiger partial charge in [-0.15, -0.1) is 22.9 Å². The van der Waals surface area contributed by atoms with Gasteiger partial charge in [-0.25, -0.2) is 4.98 Å². The number of H-pyrrole nitrogens is 1. The van der Waals surface area contributed by atoms with Crippen LogP contribution >= 0.6 is 22.9 Å². The molecule has 0 saturated heterocycles. The quantitative estimate of drug-likeness (QED) is 0.856. The van der Waals surface area contributed by atoms with E-state index in [9.17, 15) is 4.79 Å². The van der Waals surface area contributed by atoms with Crippen LogP contribution in [0.1, 0.15) is 47.8 Å². The average Bonchev–Trinajstić information content (AvgIpc) is 2.76. The van der Waals surface area contributed by atoms with Crippen LogP contribution in [0.15, 0.2) is 4.79 Å². The van der Waals surface area contributed by atoms with E-state index in [-0.39, 0.29) is 10.9 Å². The maximum atomic E-state index is 12.2. The highest BCUT2D eigenvalue weighted by Gasteiger charge is 2.20. The van der Waals surface area contributed by atoms with Gasteiger partial charge in [-0.05, 0) is 37.7 Å². The van der Waals surface area contributed by atoms with Gasteiger partial charge in [0.1, 0.15) is 10.7 Å². The van der Waals surface area contributed by atoms with Crippen molar-refractivity contribution >= 4 is 33.2 Å². The summed E-state index contributed by atoms with van der Waals surface area (Å²) in [6.45, 7) is 1.99. The monoisotopic (exact) mass is 282 g/mol. The van der Waals surface area contributed by atoms with Crippen molar-refractivity contribution in [2.24, 2.45) is 0 Å². The number of alkyl halides is 1. The molecule has 3 rings (SSSR count). The Labute approximate surface area is 114 Å². The van der Waals surface area contributed by atoms with Crippen molar-refractivity contribution in [3.8, 4) is 0 Å². The molecule has 1 atom stereocenters. The number of nitrogens with one attached hydrogen (secondary N) is 1. The molecule has 0 radical (unpaired) electrons. The molecule has 3 nitrogen and oxygen atoms in total. The highest BCUT2D eigenvalue weighted by Crippen LogP contribution is 2.34. The number of fused-ring (bicyclic) bond motifs is 3. The number of aromatic nitrogens is 2. The zero-order chi connectivity index (χ0) is 12.7. The molecular weight excluding hydrogens is 268 g/mol. The molecule has 5 heteroatoms. The molecular formula is C13H15ClN2OS. The summed E-state index contributed by atoms with van der Waals surface area (Å²) in [5.74, 6) is 0.607. The Bertz CT molecular complexity index is 646. The van der Waals surface area contributed by atoms with Crippen LogP contribution < -0.4 is 5.56 Å². The first kappa shape index (κ1) is 12.2. The van der Waals surface area contributed by atoms with Crippen LogP contribution in [0.3, 0.4) is 0 Å². The number of hydrogen-bond donors (Lipinski definition) is 1. The Hall–Kier alpha value is -0.870. The van der Waals surface area contributed by atoms with Gasteiger partial charge in [0, 0.05) is 4.88 Å². The highest BCUT2D eigenvalue weighted by atomic mass is 35.5. The van der Waals surface area contributed by atoms with Crippen molar-refractivity contribution in [3.05, 3.63) is 26.6 Å². The number of halogens is 1. The van der Waals surface area contributed by atoms with Crippen LogP contribution in [0.5, 0.6) is 0 Å². The van der Waals surface area contributed by atoms with Crippen molar-refractivity contribution in [2.45, 2.75) is 44.4 Å². The average molecular weight is 283 g/mol. The lowest BCUT2D eigenvalue weighted by Gasteiger charge is -2.09. The summed E-state index contributed by atoms with van der Waals surface area (Å²) in [5, 5.41) is 0.597. The summed E-state index contributed by atoms with van der Waals surface area (Å²) < 4.78 is 0. The van der Waals surface area contributed by atoms with E-state index in [4.69, 9.17) is 11.6 Å². The second-order valence-electron chi connectivity index (χ2n) is 4.72. The van der Waals surface area contributed by atoms with E-state index in [1.165, 1.54) is 23.3 Å². The molecule has 2 heterocycles. The van der Waals surface area contributed by atoms with Crippen LogP contribution in [0, 0.1) is 0 Å². The van der Waals surface area contributed by atoms with E-state index in [0.717, 1.165) is 29.5 Å². The number of hydrogen-bond acceptors (Lipinski definition) is 3. The lowest BCUT2D eigenvalue weighted by atomic mass is 9.97. The molecule has 0 aromatic carbocycles. The number of thiophene rings is 1. The molecule has 0 amide bonds. The molecule has 0 fully saturated rings. The van der Waals surface area contributed by atoms with E-state index in [2.05, 4.69) is 9.97 Å². The third-order valence-corrected chi connectivity index (χ3v) is 5.20. The summed E-state index contributed by atoms with van der Waals surface area (Å²) >= 11 is 7.83. The van der Waals surface area contributed by atoms with Gasteiger partial charge in [-0.1, -0.05) is 6.92 Å². The molecule has 1 unspecified atom stereocenters. The largest absolute Gasteiger partial charge is 0.309 e. The molecule has 0 aliphatic heterocycles. The van der Waals surface area contributed by atoms with Crippen molar-refractivity contribution in [2.75, 3.05) is 0 Å². The maximum absolute atomic E-state index is 12.2. The van der Waals surface area contributed by atoms with Gasteiger partial charge in [-0.2, -0.15) is 0 Å². The molecule has 1 N–H and O–H groups in total. The molecule has 96 valence electrons. The van der Waals surface area contributed by atoms with Gasteiger partial charge >= 0.3 is 0 Å². The van der Waals surface area contributed by atoms with E-state index in [0.29, 0.717) is 5.82 Å². The van der Waals surface area contributed by atoms with Crippen LogP contribution in [0.2, 0.25) is 0 Å². The molecule has 18 heavy (non-hydrogen) atoms.